The van der Waals surface area contributed by atoms with E-state index in [4.69, 9.17) is 4.74 Å². The fourth-order valence-corrected chi connectivity index (χ4v) is 2.10. The van der Waals surface area contributed by atoms with Crippen LogP contribution in [0.5, 0.6) is 11.8 Å². The van der Waals surface area contributed by atoms with Crippen molar-refractivity contribution < 1.29 is 9.53 Å². The first-order chi connectivity index (χ1) is 11.2. The highest BCUT2D eigenvalue weighted by atomic mass is 16.5. The predicted molar refractivity (Wildman–Crippen MR) is 87.5 cm³/mol. The molecule has 120 valence electrons. The number of ether oxygens (including phenoxy) is 1. The van der Waals surface area contributed by atoms with Gasteiger partial charge in [0.2, 0.25) is 5.91 Å². The number of nitrogens with zero attached hydrogens (tertiary/aromatic N) is 2. The van der Waals surface area contributed by atoms with Crippen molar-refractivity contribution >= 4 is 11.6 Å². The van der Waals surface area contributed by atoms with Crippen molar-refractivity contribution in [1.82, 2.24) is 15.3 Å². The fourth-order valence-electron chi connectivity index (χ4n) is 2.10. The number of hydrogen-bond acceptors (Lipinski definition) is 5. The molecule has 0 spiro atoms. The molecule has 0 saturated heterocycles. The summed E-state index contributed by atoms with van der Waals surface area (Å²) in [5, 5.41) is 6.01. The maximum absolute atomic E-state index is 11.8. The minimum Gasteiger partial charge on any atom is -0.424 e. The molecular formula is C17H20N4O2. The average Bonchev–Trinajstić information content (AvgIpc) is 3.34. The third kappa shape index (κ3) is 5.03. The standard InChI is InChI=1S/C17H20N4O2/c1-12-8-9-19-17(20-12)23-15-6-4-14(5-7-15)21-16(22)11-18-10-13-2-3-13/h4-9,13,18H,2-3,10-11H2,1H3,(H,21,22). The summed E-state index contributed by atoms with van der Waals surface area (Å²) in [6, 6.07) is 9.26. The van der Waals surface area contributed by atoms with Crippen molar-refractivity contribution in [2.24, 2.45) is 5.92 Å². The van der Waals surface area contributed by atoms with Gasteiger partial charge in [-0.2, -0.15) is 0 Å². The van der Waals surface area contributed by atoms with E-state index in [0.29, 0.717) is 18.3 Å². The largest absolute Gasteiger partial charge is 0.424 e. The van der Waals surface area contributed by atoms with E-state index in [-0.39, 0.29) is 5.91 Å². The molecule has 0 aliphatic heterocycles. The summed E-state index contributed by atoms with van der Waals surface area (Å²) >= 11 is 0. The van der Waals surface area contributed by atoms with Crippen molar-refractivity contribution in [2.45, 2.75) is 19.8 Å². The van der Waals surface area contributed by atoms with E-state index >= 15 is 0 Å². The van der Waals surface area contributed by atoms with Crippen molar-refractivity contribution in [3.8, 4) is 11.8 Å². The van der Waals surface area contributed by atoms with Gasteiger partial charge < -0.3 is 15.4 Å². The molecule has 3 rings (SSSR count). The lowest BCUT2D eigenvalue weighted by Gasteiger charge is -2.08. The molecule has 0 bridgehead atoms. The molecule has 23 heavy (non-hydrogen) atoms. The summed E-state index contributed by atoms with van der Waals surface area (Å²) < 4.78 is 5.57. The monoisotopic (exact) mass is 312 g/mol. The van der Waals surface area contributed by atoms with Gasteiger partial charge >= 0.3 is 6.01 Å². The molecule has 0 atom stereocenters. The molecule has 1 aliphatic rings. The molecule has 6 heteroatoms. The minimum absolute atomic E-state index is 0.0404. The second-order valence-corrected chi connectivity index (χ2v) is 5.73. The van der Waals surface area contributed by atoms with Gasteiger partial charge in [0.15, 0.2) is 0 Å². The Labute approximate surface area is 135 Å². The average molecular weight is 312 g/mol. The Morgan fingerprint density at radius 2 is 2.04 bits per heavy atom. The van der Waals surface area contributed by atoms with Crippen LogP contribution in [0.1, 0.15) is 18.5 Å². The summed E-state index contributed by atoms with van der Waals surface area (Å²) in [5.74, 6) is 1.35. The Bertz CT molecular complexity index is 669. The smallest absolute Gasteiger partial charge is 0.322 e. The normalized spacial score (nSPS) is 13.6. The number of hydrogen-bond donors (Lipinski definition) is 2. The molecular weight excluding hydrogens is 292 g/mol. The van der Waals surface area contributed by atoms with Crippen molar-refractivity contribution in [3.63, 3.8) is 0 Å². The number of amides is 1. The highest BCUT2D eigenvalue weighted by molar-refractivity contribution is 5.92. The Kier molecular flexibility index (Phi) is 4.83. The number of rotatable bonds is 7. The number of aryl methyl sites for hydroxylation is 1. The Balaban J connectivity index is 1.49. The van der Waals surface area contributed by atoms with E-state index in [1.165, 1.54) is 12.8 Å². The number of aromatic nitrogens is 2. The van der Waals surface area contributed by atoms with Gasteiger partial charge in [0, 0.05) is 17.6 Å². The summed E-state index contributed by atoms with van der Waals surface area (Å²) in [6.07, 6.45) is 4.21. The van der Waals surface area contributed by atoms with E-state index in [2.05, 4.69) is 20.6 Å². The van der Waals surface area contributed by atoms with E-state index in [1.807, 2.05) is 13.0 Å². The van der Waals surface area contributed by atoms with E-state index in [0.717, 1.165) is 23.8 Å². The molecule has 1 amide bonds. The van der Waals surface area contributed by atoms with Crippen molar-refractivity contribution in [3.05, 3.63) is 42.2 Å². The molecule has 1 aromatic carbocycles. The zero-order chi connectivity index (χ0) is 16.1. The van der Waals surface area contributed by atoms with Gasteiger partial charge in [0.05, 0.1) is 6.54 Å². The number of carbonyl (C=O) groups is 1. The Morgan fingerprint density at radius 3 is 2.74 bits per heavy atom. The molecule has 6 nitrogen and oxygen atoms in total. The lowest BCUT2D eigenvalue weighted by molar-refractivity contribution is -0.115. The zero-order valence-electron chi connectivity index (χ0n) is 13.1. The molecule has 1 aliphatic carbocycles. The zero-order valence-corrected chi connectivity index (χ0v) is 13.1. The summed E-state index contributed by atoms with van der Waals surface area (Å²) in [7, 11) is 0. The quantitative estimate of drug-likeness (QED) is 0.821. The van der Waals surface area contributed by atoms with Crippen LogP contribution in [0.4, 0.5) is 5.69 Å². The Hall–Kier alpha value is -2.47. The first-order valence-electron chi connectivity index (χ1n) is 7.77. The highest BCUT2D eigenvalue weighted by Crippen LogP contribution is 2.27. The summed E-state index contributed by atoms with van der Waals surface area (Å²) in [5.41, 5.74) is 1.58. The molecule has 0 radical (unpaired) electrons. The second kappa shape index (κ2) is 7.19. The SMILES string of the molecule is Cc1ccnc(Oc2ccc(NC(=O)CNCC3CC3)cc2)n1. The minimum atomic E-state index is -0.0404. The van der Waals surface area contributed by atoms with Gasteiger partial charge in [0.1, 0.15) is 5.75 Å². The van der Waals surface area contributed by atoms with Gasteiger partial charge in [-0.05, 0) is 62.6 Å². The van der Waals surface area contributed by atoms with Crippen LogP contribution in [0.25, 0.3) is 0 Å². The first-order valence-corrected chi connectivity index (χ1v) is 7.77. The van der Waals surface area contributed by atoms with Gasteiger partial charge in [-0.15, -0.1) is 0 Å². The molecule has 1 saturated carbocycles. The van der Waals surface area contributed by atoms with Crippen LogP contribution in [0, 0.1) is 12.8 Å². The number of nitrogens with one attached hydrogen (secondary N) is 2. The van der Waals surface area contributed by atoms with Gasteiger partial charge in [-0.1, -0.05) is 0 Å². The predicted octanol–water partition coefficient (Wildman–Crippen LogP) is 2.52. The van der Waals surface area contributed by atoms with Crippen LogP contribution in [0.15, 0.2) is 36.5 Å². The summed E-state index contributed by atoms with van der Waals surface area (Å²) in [4.78, 5) is 20.0. The van der Waals surface area contributed by atoms with E-state index in [1.54, 1.807) is 30.5 Å². The third-order valence-electron chi connectivity index (χ3n) is 3.54. The van der Waals surface area contributed by atoms with Crippen LogP contribution in [0.3, 0.4) is 0 Å². The topological polar surface area (TPSA) is 76.1 Å². The van der Waals surface area contributed by atoms with Crippen LogP contribution < -0.4 is 15.4 Å². The first kappa shape index (κ1) is 15.4. The van der Waals surface area contributed by atoms with Crippen LogP contribution in [-0.4, -0.2) is 29.0 Å². The number of carbonyl (C=O) groups excluding carboxylic acids is 1. The third-order valence-corrected chi connectivity index (χ3v) is 3.54. The molecule has 2 N–H and O–H groups in total. The van der Waals surface area contributed by atoms with Gasteiger partial charge in [-0.3, -0.25) is 4.79 Å². The number of benzene rings is 1. The molecule has 2 aromatic rings. The van der Waals surface area contributed by atoms with Crippen molar-refractivity contribution in [1.29, 1.82) is 0 Å². The lowest BCUT2D eigenvalue weighted by atomic mass is 10.3. The van der Waals surface area contributed by atoms with Gasteiger partial charge in [0.25, 0.3) is 0 Å². The molecule has 1 heterocycles. The molecule has 1 aromatic heterocycles. The van der Waals surface area contributed by atoms with Crippen LogP contribution >= 0.6 is 0 Å². The number of anilines is 1. The van der Waals surface area contributed by atoms with Crippen LogP contribution in [-0.2, 0) is 4.79 Å². The molecule has 0 unspecified atom stereocenters. The maximum atomic E-state index is 11.8. The van der Waals surface area contributed by atoms with Gasteiger partial charge in [-0.25, -0.2) is 9.97 Å². The molecule has 1 fully saturated rings. The maximum Gasteiger partial charge on any atom is 0.322 e. The fraction of sp³-hybridized carbons (Fsp3) is 0.353. The second-order valence-electron chi connectivity index (χ2n) is 5.73. The lowest BCUT2D eigenvalue weighted by Crippen LogP contribution is -2.29. The van der Waals surface area contributed by atoms with E-state index in [9.17, 15) is 4.79 Å². The summed E-state index contributed by atoms with van der Waals surface area (Å²) in [6.45, 7) is 3.15. The van der Waals surface area contributed by atoms with Crippen LogP contribution in [0.2, 0.25) is 0 Å². The van der Waals surface area contributed by atoms with Crippen molar-refractivity contribution in [2.75, 3.05) is 18.4 Å². The highest BCUT2D eigenvalue weighted by Gasteiger charge is 2.20. The van der Waals surface area contributed by atoms with E-state index < -0.39 is 0 Å². The Morgan fingerprint density at radius 1 is 1.26 bits per heavy atom.